The topological polar surface area (TPSA) is 60.4 Å². The van der Waals surface area contributed by atoms with Crippen LogP contribution < -0.4 is 0 Å². The van der Waals surface area contributed by atoms with E-state index in [9.17, 15) is 17.6 Å². The van der Waals surface area contributed by atoms with Gasteiger partial charge in [-0.25, -0.2) is 12.8 Å². The Morgan fingerprint density at radius 2 is 1.79 bits per heavy atom. The quantitative estimate of drug-likeness (QED) is 0.795. The lowest BCUT2D eigenvalue weighted by Gasteiger charge is -2.15. The fraction of sp³-hybridized carbons (Fsp3) is 0.308. The number of Topliss-reactive ketones (excluding diaryl/α,β-unsaturated/α-hetero) is 1. The Morgan fingerprint density at radius 3 is 2.26 bits per heavy atom. The Bertz CT molecular complexity index is 642. The minimum atomic E-state index is -3.68. The molecule has 0 radical (unpaired) electrons. The molecule has 0 unspecified atom stereocenters. The second-order valence-corrected chi connectivity index (χ2v) is 6.80. The monoisotopic (exact) mass is 284 g/mol. The van der Waals surface area contributed by atoms with E-state index in [-0.39, 0.29) is 16.3 Å². The average Bonchev–Trinajstić information content (AvgIpc) is 2.56. The van der Waals surface area contributed by atoms with Crippen LogP contribution in [0.4, 0.5) is 4.39 Å². The van der Waals surface area contributed by atoms with Crippen LogP contribution in [0, 0.1) is 5.82 Å². The normalized spacial score (nSPS) is 18.1. The number of hydrogen-bond donors (Lipinski definition) is 0. The lowest BCUT2D eigenvalue weighted by Crippen LogP contribution is -2.30. The highest BCUT2D eigenvalue weighted by molar-refractivity contribution is 7.91. The number of halogens is 1. The number of sulfone groups is 1. The van der Waals surface area contributed by atoms with Gasteiger partial charge in [-0.3, -0.25) is 4.79 Å². The molecule has 1 aliphatic rings. The van der Waals surface area contributed by atoms with Crippen LogP contribution in [0.5, 0.6) is 0 Å². The first-order valence-corrected chi connectivity index (χ1v) is 7.27. The van der Waals surface area contributed by atoms with Crippen molar-refractivity contribution in [2.24, 2.45) is 0 Å². The van der Waals surface area contributed by atoms with Crippen LogP contribution in [0.25, 0.3) is 0 Å². The van der Waals surface area contributed by atoms with Crippen molar-refractivity contribution in [3.63, 3.8) is 0 Å². The van der Waals surface area contributed by atoms with Crippen molar-refractivity contribution in [1.29, 1.82) is 0 Å². The fourth-order valence-corrected chi connectivity index (χ4v) is 3.07. The van der Waals surface area contributed by atoms with Crippen LogP contribution in [-0.4, -0.2) is 25.6 Å². The van der Waals surface area contributed by atoms with Crippen molar-refractivity contribution in [2.75, 3.05) is 5.75 Å². The Kier molecular flexibility index (Phi) is 3.22. The van der Waals surface area contributed by atoms with Gasteiger partial charge in [-0.1, -0.05) is 0 Å². The Morgan fingerprint density at radius 1 is 1.21 bits per heavy atom. The van der Waals surface area contributed by atoms with E-state index in [0.717, 1.165) is 12.1 Å². The number of benzene rings is 1. The van der Waals surface area contributed by atoms with Gasteiger partial charge in [-0.2, -0.15) is 0 Å². The van der Waals surface area contributed by atoms with Crippen LogP contribution >= 0.6 is 0 Å². The van der Waals surface area contributed by atoms with Gasteiger partial charge in [0.05, 0.1) is 16.9 Å². The number of carbonyl (C=O) groups is 1. The second kappa shape index (κ2) is 4.45. The molecule has 0 saturated heterocycles. The number of carbonyl (C=O) groups excluding carboxylic acids is 1. The molecular formula is C13H13FO4S. The molecule has 6 heteroatoms. The summed E-state index contributed by atoms with van der Waals surface area (Å²) in [5, 5.41) is 0. The van der Waals surface area contributed by atoms with E-state index in [1.165, 1.54) is 18.4 Å². The molecule has 2 rings (SSSR count). The smallest absolute Gasteiger partial charge is 0.205 e. The van der Waals surface area contributed by atoms with Gasteiger partial charge in [-0.05, 0) is 38.1 Å². The lowest BCUT2D eigenvalue weighted by atomic mass is 10.0. The molecule has 102 valence electrons. The standard InChI is InChI=1S/C13H13FO4S/c1-13(2)12(15)9(7-18-13)8-19(16,17)11-5-3-10(14)4-6-11/h3-7H,8H2,1-2H3. The van der Waals surface area contributed by atoms with Crippen LogP contribution in [0.15, 0.2) is 41.0 Å². The van der Waals surface area contributed by atoms with E-state index < -0.39 is 27.0 Å². The molecule has 1 aliphatic heterocycles. The van der Waals surface area contributed by atoms with Crippen molar-refractivity contribution < 1.29 is 22.3 Å². The van der Waals surface area contributed by atoms with Crippen molar-refractivity contribution in [3.05, 3.63) is 41.9 Å². The maximum Gasteiger partial charge on any atom is 0.205 e. The molecule has 0 aliphatic carbocycles. The number of ketones is 1. The van der Waals surface area contributed by atoms with Gasteiger partial charge >= 0.3 is 0 Å². The average molecular weight is 284 g/mol. The first-order valence-electron chi connectivity index (χ1n) is 5.62. The molecule has 4 nitrogen and oxygen atoms in total. The SMILES string of the molecule is CC1(C)OC=C(CS(=O)(=O)c2ccc(F)cc2)C1=O. The van der Waals surface area contributed by atoms with Crippen LogP contribution in [0.2, 0.25) is 0 Å². The van der Waals surface area contributed by atoms with E-state index >= 15 is 0 Å². The first-order chi connectivity index (χ1) is 8.72. The highest BCUT2D eigenvalue weighted by atomic mass is 32.2. The molecule has 0 bridgehead atoms. The Labute approximate surface area is 110 Å². The predicted octanol–water partition coefficient (Wildman–Crippen LogP) is 1.86. The highest BCUT2D eigenvalue weighted by Crippen LogP contribution is 2.26. The molecule has 1 aromatic rings. The van der Waals surface area contributed by atoms with E-state index in [4.69, 9.17) is 4.74 Å². The molecule has 0 fully saturated rings. The second-order valence-electron chi connectivity index (χ2n) is 4.81. The van der Waals surface area contributed by atoms with Gasteiger partial charge in [0.15, 0.2) is 15.4 Å². The summed E-state index contributed by atoms with van der Waals surface area (Å²) in [7, 11) is -3.68. The zero-order valence-corrected chi connectivity index (χ0v) is 11.3. The van der Waals surface area contributed by atoms with Crippen LogP contribution in [0.1, 0.15) is 13.8 Å². The van der Waals surface area contributed by atoms with Gasteiger partial charge in [0.1, 0.15) is 5.82 Å². The zero-order valence-electron chi connectivity index (χ0n) is 10.5. The summed E-state index contributed by atoms with van der Waals surface area (Å²) in [4.78, 5) is 11.9. The summed E-state index contributed by atoms with van der Waals surface area (Å²) in [6.45, 7) is 3.15. The number of rotatable bonds is 3. The number of ether oxygens (including phenoxy) is 1. The fourth-order valence-electron chi connectivity index (χ4n) is 1.74. The molecule has 1 heterocycles. The van der Waals surface area contributed by atoms with Crippen molar-refractivity contribution in [3.8, 4) is 0 Å². The molecular weight excluding hydrogens is 271 g/mol. The maximum atomic E-state index is 12.8. The third-order valence-electron chi connectivity index (χ3n) is 2.85. The van der Waals surface area contributed by atoms with E-state index in [2.05, 4.69) is 0 Å². The van der Waals surface area contributed by atoms with Crippen molar-refractivity contribution in [1.82, 2.24) is 0 Å². The molecule has 1 aromatic carbocycles. The number of hydrogen-bond acceptors (Lipinski definition) is 4. The minimum absolute atomic E-state index is 0.0210. The van der Waals surface area contributed by atoms with Crippen LogP contribution in [0.3, 0.4) is 0 Å². The summed E-state index contributed by atoms with van der Waals surface area (Å²) < 4.78 is 42.1. The van der Waals surface area contributed by atoms with Crippen molar-refractivity contribution >= 4 is 15.6 Å². The zero-order chi connectivity index (χ0) is 14.3. The summed E-state index contributed by atoms with van der Waals surface area (Å²) in [6.07, 6.45) is 1.18. The van der Waals surface area contributed by atoms with Crippen molar-refractivity contribution in [2.45, 2.75) is 24.3 Å². The largest absolute Gasteiger partial charge is 0.487 e. The van der Waals surface area contributed by atoms with Gasteiger partial charge in [0.25, 0.3) is 0 Å². The molecule has 0 aromatic heterocycles. The van der Waals surface area contributed by atoms with Gasteiger partial charge in [-0.15, -0.1) is 0 Å². The highest BCUT2D eigenvalue weighted by Gasteiger charge is 2.38. The molecule has 19 heavy (non-hydrogen) atoms. The Hall–Kier alpha value is -1.69. The summed E-state index contributed by atoms with van der Waals surface area (Å²) in [5.74, 6) is -1.31. The molecule has 0 N–H and O–H groups in total. The lowest BCUT2D eigenvalue weighted by molar-refractivity contribution is -0.126. The predicted molar refractivity (Wildman–Crippen MR) is 66.7 cm³/mol. The summed E-state index contributed by atoms with van der Waals surface area (Å²) in [6, 6.07) is 4.49. The third-order valence-corrected chi connectivity index (χ3v) is 4.53. The Balaban J connectivity index is 2.24. The van der Waals surface area contributed by atoms with Gasteiger partial charge < -0.3 is 4.74 Å². The molecule has 0 amide bonds. The molecule has 0 saturated carbocycles. The summed E-state index contributed by atoms with van der Waals surface area (Å²) in [5.41, 5.74) is -0.914. The first kappa shape index (κ1) is 13.7. The summed E-state index contributed by atoms with van der Waals surface area (Å²) >= 11 is 0. The molecule has 0 spiro atoms. The minimum Gasteiger partial charge on any atom is -0.487 e. The van der Waals surface area contributed by atoms with E-state index in [1.54, 1.807) is 13.8 Å². The van der Waals surface area contributed by atoms with Gasteiger partial charge in [0, 0.05) is 5.57 Å². The van der Waals surface area contributed by atoms with E-state index in [0.29, 0.717) is 0 Å². The maximum absolute atomic E-state index is 12.8. The van der Waals surface area contributed by atoms with Crippen LogP contribution in [-0.2, 0) is 19.4 Å². The van der Waals surface area contributed by atoms with E-state index in [1.807, 2.05) is 0 Å². The third kappa shape index (κ3) is 2.68. The van der Waals surface area contributed by atoms with Gasteiger partial charge in [0.2, 0.25) is 5.78 Å². The molecule has 0 atom stereocenters.